The molecule has 3 saturated heterocycles. The van der Waals surface area contributed by atoms with Crippen LogP contribution in [0.25, 0.3) is 0 Å². The highest BCUT2D eigenvalue weighted by molar-refractivity contribution is 6.07. The fraction of sp³-hybridized carbons (Fsp3) is 0.667. The van der Waals surface area contributed by atoms with E-state index in [9.17, 15) is 23.2 Å². The van der Waals surface area contributed by atoms with Crippen LogP contribution < -0.4 is 10.6 Å². The number of nitrogens with zero attached hydrogens (tertiary/aromatic N) is 2. The maximum absolute atomic E-state index is 13.6. The molecule has 37 heavy (non-hydrogen) atoms. The average molecular weight is 539 g/mol. The molecular formula is C27H37ClF2N4O3. The fourth-order valence-electron chi connectivity index (χ4n) is 6.82. The molecule has 0 radical (unpaired) electrons. The number of imide groups is 1. The summed E-state index contributed by atoms with van der Waals surface area (Å²) in [5.41, 5.74) is 0.218. The average Bonchev–Trinajstić information content (AvgIpc) is 3.24. The number of carbonyl (C=O) groups excluding carboxylic acids is 3. The third kappa shape index (κ3) is 5.48. The van der Waals surface area contributed by atoms with E-state index in [0.717, 1.165) is 24.9 Å². The highest BCUT2D eigenvalue weighted by atomic mass is 35.5. The molecule has 3 heterocycles. The number of rotatable bonds is 7. The summed E-state index contributed by atoms with van der Waals surface area (Å²) < 4.78 is 27.2. The predicted octanol–water partition coefficient (Wildman–Crippen LogP) is 4.42. The number of alkyl halides is 2. The monoisotopic (exact) mass is 538 g/mol. The minimum absolute atomic E-state index is 0. The van der Waals surface area contributed by atoms with Gasteiger partial charge in [-0.25, -0.2) is 13.6 Å². The second-order valence-corrected chi connectivity index (χ2v) is 11.0. The SMILES string of the molecule is CCN1C(=O)NC2(CC3CCC(C2)N3CC[C@H](NC(=O)C2CCC(F)(F)CC2)c2ccccc2)C1=O.Cl. The molecule has 0 aromatic heterocycles. The van der Waals surface area contributed by atoms with Crippen LogP contribution in [0.1, 0.15) is 76.3 Å². The van der Waals surface area contributed by atoms with Crippen LogP contribution in [0.4, 0.5) is 13.6 Å². The summed E-state index contributed by atoms with van der Waals surface area (Å²) in [6.45, 7) is 2.95. The van der Waals surface area contributed by atoms with Gasteiger partial charge in [0.05, 0.1) is 6.04 Å². The van der Waals surface area contributed by atoms with Crippen molar-refractivity contribution in [2.75, 3.05) is 13.1 Å². The molecule has 1 aromatic rings. The number of fused-ring (bicyclic) bond motifs is 2. The second-order valence-electron chi connectivity index (χ2n) is 11.0. The lowest BCUT2D eigenvalue weighted by molar-refractivity contribution is -0.134. The Balaban J connectivity index is 0.00000320. The summed E-state index contributed by atoms with van der Waals surface area (Å²) >= 11 is 0. The molecule has 3 aliphatic heterocycles. The van der Waals surface area contributed by atoms with Crippen LogP contribution in [0.15, 0.2) is 30.3 Å². The molecule has 4 amide bonds. The van der Waals surface area contributed by atoms with Gasteiger partial charge >= 0.3 is 6.03 Å². The van der Waals surface area contributed by atoms with E-state index in [2.05, 4.69) is 15.5 Å². The molecule has 2 bridgehead atoms. The van der Waals surface area contributed by atoms with Crippen LogP contribution in [0.3, 0.4) is 0 Å². The molecule has 4 fully saturated rings. The van der Waals surface area contributed by atoms with Crippen LogP contribution >= 0.6 is 12.4 Å². The minimum atomic E-state index is -2.66. The van der Waals surface area contributed by atoms with Crippen molar-refractivity contribution in [1.29, 1.82) is 0 Å². The van der Waals surface area contributed by atoms with Gasteiger partial charge < -0.3 is 10.6 Å². The van der Waals surface area contributed by atoms with Gasteiger partial charge in [-0.05, 0) is 57.4 Å². The van der Waals surface area contributed by atoms with Gasteiger partial charge in [0, 0.05) is 43.9 Å². The van der Waals surface area contributed by atoms with Gasteiger partial charge in [0.25, 0.3) is 5.91 Å². The summed E-state index contributed by atoms with van der Waals surface area (Å²) in [7, 11) is 0. The summed E-state index contributed by atoms with van der Waals surface area (Å²) in [5, 5.41) is 6.17. The smallest absolute Gasteiger partial charge is 0.325 e. The van der Waals surface area contributed by atoms with E-state index in [4.69, 9.17) is 0 Å². The van der Waals surface area contributed by atoms with Crippen molar-refractivity contribution < 1.29 is 23.2 Å². The van der Waals surface area contributed by atoms with Crippen molar-refractivity contribution in [3.05, 3.63) is 35.9 Å². The summed E-state index contributed by atoms with van der Waals surface area (Å²) in [4.78, 5) is 42.2. The molecule has 4 aliphatic rings. The standard InChI is InChI=1S/C27H36F2N4O3.ClH/c1-2-32-24(35)26(31-25(32)36)16-20-8-9-21(17-26)33(20)15-12-22(18-6-4-3-5-7-18)30-23(34)19-10-13-27(28,29)14-11-19;/h3-7,19-22H,2,8-17H2,1H3,(H,30,34)(H,31,36);1H/t20?,21?,22-,26?;/m0./s1. The van der Waals surface area contributed by atoms with E-state index in [1.165, 1.54) is 4.90 Å². The summed E-state index contributed by atoms with van der Waals surface area (Å²) in [5.74, 6) is -3.27. The lowest BCUT2D eigenvalue weighted by atomic mass is 9.82. The van der Waals surface area contributed by atoms with E-state index in [1.807, 2.05) is 37.3 Å². The van der Waals surface area contributed by atoms with Gasteiger partial charge in [-0.1, -0.05) is 30.3 Å². The van der Waals surface area contributed by atoms with Crippen molar-refractivity contribution in [1.82, 2.24) is 20.4 Å². The molecule has 10 heteroatoms. The van der Waals surface area contributed by atoms with Crippen LogP contribution in [0, 0.1) is 5.92 Å². The largest absolute Gasteiger partial charge is 0.349 e. The summed E-state index contributed by atoms with van der Waals surface area (Å²) in [6.07, 6.45) is 3.86. The number of benzene rings is 1. The molecule has 204 valence electrons. The van der Waals surface area contributed by atoms with Crippen molar-refractivity contribution in [3.8, 4) is 0 Å². The Morgan fingerprint density at radius 3 is 2.27 bits per heavy atom. The van der Waals surface area contributed by atoms with E-state index < -0.39 is 11.5 Å². The quantitative estimate of drug-likeness (QED) is 0.504. The van der Waals surface area contributed by atoms with Crippen molar-refractivity contribution in [2.45, 2.75) is 94.3 Å². The molecule has 2 unspecified atom stereocenters. The van der Waals surface area contributed by atoms with Gasteiger partial charge in [-0.2, -0.15) is 0 Å². The topological polar surface area (TPSA) is 81.8 Å². The first-order valence-corrected chi connectivity index (χ1v) is 13.3. The zero-order valence-corrected chi connectivity index (χ0v) is 22.1. The van der Waals surface area contributed by atoms with Gasteiger partial charge in [0.2, 0.25) is 11.8 Å². The number of amides is 4. The Morgan fingerprint density at radius 1 is 1.08 bits per heavy atom. The predicted molar refractivity (Wildman–Crippen MR) is 137 cm³/mol. The lowest BCUT2D eigenvalue weighted by Crippen LogP contribution is -2.59. The maximum atomic E-state index is 13.6. The third-order valence-electron chi connectivity index (χ3n) is 8.78. The molecular weight excluding hydrogens is 502 g/mol. The zero-order chi connectivity index (χ0) is 25.5. The van der Waals surface area contributed by atoms with Gasteiger partial charge in [-0.3, -0.25) is 19.4 Å². The molecule has 3 atom stereocenters. The van der Waals surface area contributed by atoms with Gasteiger partial charge in [0.15, 0.2) is 0 Å². The highest BCUT2D eigenvalue weighted by Crippen LogP contribution is 2.44. The molecule has 1 spiro atoms. The fourth-order valence-corrected chi connectivity index (χ4v) is 6.82. The number of likely N-dealkylation sites (N-methyl/N-ethyl adjacent to an activating group) is 1. The molecule has 1 saturated carbocycles. The highest BCUT2D eigenvalue weighted by Gasteiger charge is 2.58. The number of hydrogen-bond acceptors (Lipinski definition) is 4. The zero-order valence-electron chi connectivity index (χ0n) is 21.3. The number of halogens is 3. The van der Waals surface area contributed by atoms with Crippen LogP contribution in [0.5, 0.6) is 0 Å². The van der Waals surface area contributed by atoms with Gasteiger partial charge in [0.1, 0.15) is 5.54 Å². The first kappa shape index (κ1) is 27.8. The Hall–Kier alpha value is -2.26. The Labute approximate surface area is 223 Å². The molecule has 5 rings (SSSR count). The first-order valence-electron chi connectivity index (χ1n) is 13.3. The number of piperidine rings is 1. The Bertz CT molecular complexity index is 987. The number of urea groups is 1. The number of hydrogen-bond donors (Lipinski definition) is 2. The third-order valence-corrected chi connectivity index (χ3v) is 8.78. The Morgan fingerprint density at radius 2 is 1.70 bits per heavy atom. The molecule has 1 aromatic carbocycles. The van der Waals surface area contributed by atoms with E-state index in [1.54, 1.807) is 0 Å². The number of nitrogens with one attached hydrogen (secondary N) is 2. The minimum Gasteiger partial charge on any atom is -0.349 e. The van der Waals surface area contributed by atoms with E-state index >= 15 is 0 Å². The normalized spacial score (nSPS) is 30.2. The van der Waals surface area contributed by atoms with Crippen LogP contribution in [0.2, 0.25) is 0 Å². The van der Waals surface area contributed by atoms with Crippen molar-refractivity contribution >= 4 is 30.3 Å². The molecule has 2 N–H and O–H groups in total. The first-order chi connectivity index (χ1) is 17.2. The second kappa shape index (κ2) is 10.8. The maximum Gasteiger partial charge on any atom is 0.325 e. The molecule has 1 aliphatic carbocycles. The van der Waals surface area contributed by atoms with E-state index in [0.29, 0.717) is 25.8 Å². The molecule has 7 nitrogen and oxygen atoms in total. The van der Waals surface area contributed by atoms with E-state index in [-0.39, 0.29) is 80.0 Å². The lowest BCUT2D eigenvalue weighted by Gasteiger charge is -2.43. The Kier molecular flexibility index (Phi) is 8.14. The summed E-state index contributed by atoms with van der Waals surface area (Å²) in [6, 6.07) is 9.72. The van der Waals surface area contributed by atoms with Gasteiger partial charge in [-0.15, -0.1) is 12.4 Å². The van der Waals surface area contributed by atoms with Crippen molar-refractivity contribution in [2.24, 2.45) is 5.92 Å². The van der Waals surface area contributed by atoms with Crippen LogP contribution in [-0.2, 0) is 9.59 Å². The number of carbonyl (C=O) groups is 3. The van der Waals surface area contributed by atoms with Crippen molar-refractivity contribution in [3.63, 3.8) is 0 Å². The van der Waals surface area contributed by atoms with Crippen LogP contribution in [-0.4, -0.2) is 64.3 Å².